The number of allylic oxidation sites excluding steroid dienone is 14. The van der Waals surface area contributed by atoms with E-state index in [1.54, 1.807) is 0 Å². The van der Waals surface area contributed by atoms with Gasteiger partial charge in [-0.25, -0.2) is 9.13 Å². The molecule has 17 nitrogen and oxygen atoms in total. The lowest BCUT2D eigenvalue weighted by Gasteiger charge is -2.21. The predicted molar refractivity (Wildman–Crippen MR) is 409 cm³/mol. The molecule has 0 rings (SSSR count). The number of esters is 4. The number of rotatable bonds is 75. The molecule has 0 amide bonds. The van der Waals surface area contributed by atoms with Crippen molar-refractivity contribution in [2.45, 2.75) is 367 Å². The van der Waals surface area contributed by atoms with Crippen molar-refractivity contribution in [1.82, 2.24) is 0 Å². The molecule has 0 saturated carbocycles. The van der Waals surface area contributed by atoms with Crippen LogP contribution in [0.2, 0.25) is 0 Å². The second-order valence-corrected chi connectivity index (χ2v) is 29.6. The first-order valence-electron chi connectivity index (χ1n) is 39.8. The molecule has 0 spiro atoms. The topological polar surface area (TPSA) is 237 Å². The number of aliphatic hydroxyl groups excluding tert-OH is 1. The maximum absolute atomic E-state index is 13.1. The van der Waals surface area contributed by atoms with Crippen LogP contribution in [0.25, 0.3) is 0 Å². The summed E-state index contributed by atoms with van der Waals surface area (Å²) in [6, 6.07) is 0. The number of hydrogen-bond donors (Lipinski definition) is 3. The van der Waals surface area contributed by atoms with Crippen molar-refractivity contribution in [3.63, 3.8) is 0 Å². The van der Waals surface area contributed by atoms with Crippen molar-refractivity contribution in [3.05, 3.63) is 85.1 Å². The highest BCUT2D eigenvalue weighted by Gasteiger charge is 2.30. The monoisotopic (exact) mass is 1450 g/mol. The molecule has 0 bridgehead atoms. The van der Waals surface area contributed by atoms with Gasteiger partial charge in [0.05, 0.1) is 26.4 Å². The molecule has 580 valence electrons. The highest BCUT2D eigenvalue weighted by Crippen LogP contribution is 2.45. The molecule has 100 heavy (non-hydrogen) atoms. The first kappa shape index (κ1) is 96.2. The molecule has 0 fully saturated rings. The first-order chi connectivity index (χ1) is 48.7. The molecule has 0 saturated heterocycles. The van der Waals surface area contributed by atoms with Crippen LogP contribution in [-0.2, 0) is 65.4 Å². The summed E-state index contributed by atoms with van der Waals surface area (Å²) in [6.07, 6.45) is 75.7. The minimum atomic E-state index is -4.99. The SMILES string of the molecule is CCCCC/C=C\C/C=C\C/C=C\C/C=C\CCCC(=O)O[C@H](COC(=O)CCCCCCCCCCCCCCC)COP(=O)(O)OC[C@H](O)COP(=O)(O)OC[C@@H](COC(=O)CCCCCCC/C=C\CCCCCCCC)OC(=O)CCCCCCC/C=C\C/C=C\CCCCC. The maximum Gasteiger partial charge on any atom is 0.472 e. The Balaban J connectivity index is 5.40. The van der Waals surface area contributed by atoms with E-state index < -0.39 is 97.5 Å². The largest absolute Gasteiger partial charge is 0.472 e. The number of ether oxygens (including phenoxy) is 4. The van der Waals surface area contributed by atoms with Crippen LogP contribution in [0, 0.1) is 0 Å². The van der Waals surface area contributed by atoms with Gasteiger partial charge >= 0.3 is 39.5 Å². The van der Waals surface area contributed by atoms with E-state index in [0.717, 1.165) is 128 Å². The van der Waals surface area contributed by atoms with Crippen molar-refractivity contribution in [2.75, 3.05) is 39.6 Å². The molecular weight excluding hydrogens is 1310 g/mol. The van der Waals surface area contributed by atoms with E-state index in [0.29, 0.717) is 32.1 Å². The Hall–Kier alpha value is -3.76. The Bertz CT molecular complexity index is 2230. The first-order valence-corrected chi connectivity index (χ1v) is 42.8. The fourth-order valence-corrected chi connectivity index (χ4v) is 12.3. The van der Waals surface area contributed by atoms with E-state index in [1.165, 1.54) is 135 Å². The maximum atomic E-state index is 13.1. The smallest absolute Gasteiger partial charge is 0.462 e. The molecule has 0 aromatic rings. The van der Waals surface area contributed by atoms with Gasteiger partial charge in [-0.1, -0.05) is 286 Å². The van der Waals surface area contributed by atoms with Gasteiger partial charge in [0.1, 0.15) is 19.3 Å². The van der Waals surface area contributed by atoms with Gasteiger partial charge in [-0.15, -0.1) is 0 Å². The Labute approximate surface area is 608 Å². The lowest BCUT2D eigenvalue weighted by Crippen LogP contribution is -2.30. The van der Waals surface area contributed by atoms with E-state index in [4.69, 9.17) is 37.0 Å². The van der Waals surface area contributed by atoms with Gasteiger partial charge in [0.25, 0.3) is 0 Å². The molecule has 3 N–H and O–H groups in total. The van der Waals surface area contributed by atoms with Crippen molar-refractivity contribution in [3.8, 4) is 0 Å². The van der Waals surface area contributed by atoms with E-state index in [2.05, 4.69) is 101 Å². The Kier molecular flexibility index (Phi) is 70.8. The molecule has 2 unspecified atom stereocenters. The average molecular weight is 1450 g/mol. The van der Waals surface area contributed by atoms with E-state index >= 15 is 0 Å². The summed E-state index contributed by atoms with van der Waals surface area (Å²) in [6.45, 7) is 4.77. The summed E-state index contributed by atoms with van der Waals surface area (Å²) in [5.41, 5.74) is 0. The number of phosphoric acid groups is 2. The highest BCUT2D eigenvalue weighted by atomic mass is 31.2. The van der Waals surface area contributed by atoms with Crippen LogP contribution >= 0.6 is 15.6 Å². The third-order valence-electron chi connectivity index (χ3n) is 16.8. The summed E-state index contributed by atoms with van der Waals surface area (Å²) in [5.74, 6) is -2.24. The number of carbonyl (C=O) groups is 4. The highest BCUT2D eigenvalue weighted by molar-refractivity contribution is 7.47. The van der Waals surface area contributed by atoms with Gasteiger partial charge in [-0.3, -0.25) is 37.3 Å². The zero-order valence-corrected chi connectivity index (χ0v) is 65.2. The molecule has 0 aromatic carbocycles. The number of carbonyl (C=O) groups excluding carboxylic acids is 4. The molecule has 19 heteroatoms. The summed E-state index contributed by atoms with van der Waals surface area (Å²) in [7, 11) is -9.97. The van der Waals surface area contributed by atoms with Crippen LogP contribution in [0.4, 0.5) is 0 Å². The number of aliphatic hydroxyl groups is 1. The molecule has 5 atom stereocenters. The van der Waals surface area contributed by atoms with Crippen LogP contribution in [0.15, 0.2) is 85.1 Å². The van der Waals surface area contributed by atoms with Gasteiger partial charge in [-0.05, 0) is 122 Å². The minimum Gasteiger partial charge on any atom is -0.462 e. The second kappa shape index (κ2) is 73.5. The quantitative estimate of drug-likeness (QED) is 0.0169. The molecule has 0 aromatic heterocycles. The van der Waals surface area contributed by atoms with E-state index in [9.17, 15) is 43.2 Å². The summed E-state index contributed by atoms with van der Waals surface area (Å²) >= 11 is 0. The summed E-state index contributed by atoms with van der Waals surface area (Å²) in [5, 5.41) is 10.6. The third-order valence-corrected chi connectivity index (χ3v) is 18.7. The van der Waals surface area contributed by atoms with Crippen LogP contribution in [-0.4, -0.2) is 96.7 Å². The van der Waals surface area contributed by atoms with Gasteiger partial charge in [0.2, 0.25) is 0 Å². The van der Waals surface area contributed by atoms with Gasteiger partial charge < -0.3 is 33.8 Å². The van der Waals surface area contributed by atoms with Crippen molar-refractivity contribution >= 4 is 39.5 Å². The summed E-state index contributed by atoms with van der Waals surface area (Å²) in [4.78, 5) is 72.9. The van der Waals surface area contributed by atoms with Crippen molar-refractivity contribution < 1.29 is 80.2 Å². The second-order valence-electron chi connectivity index (χ2n) is 26.7. The number of hydrogen-bond acceptors (Lipinski definition) is 15. The lowest BCUT2D eigenvalue weighted by molar-refractivity contribution is -0.161. The van der Waals surface area contributed by atoms with E-state index in [-0.39, 0.29) is 25.7 Å². The van der Waals surface area contributed by atoms with Crippen LogP contribution in [0.3, 0.4) is 0 Å². The van der Waals surface area contributed by atoms with Crippen molar-refractivity contribution in [1.29, 1.82) is 0 Å². The average Bonchev–Trinajstić information content (AvgIpc) is 1.13. The zero-order chi connectivity index (χ0) is 73.2. The van der Waals surface area contributed by atoms with Crippen LogP contribution in [0.5, 0.6) is 0 Å². The summed E-state index contributed by atoms with van der Waals surface area (Å²) < 4.78 is 68.5. The Morgan fingerprint density at radius 3 is 0.820 bits per heavy atom. The minimum absolute atomic E-state index is 0.0217. The molecule has 0 aliphatic carbocycles. The fraction of sp³-hybridized carbons (Fsp3) is 0.778. The fourth-order valence-electron chi connectivity index (χ4n) is 10.7. The molecule has 0 heterocycles. The molecular formula is C81H144O17P2. The standard InChI is InChI=1S/C81H144O17P2/c1-5-9-13-17-21-25-29-33-36-37-40-44-48-52-56-60-64-68-81(86)98-76(71-91-78(83)65-61-57-53-49-45-41-32-28-24-20-16-12-8-4)73-95-99(87,88)93-69-75(82)70-94-100(89,90)96-74-77(97-80(85)67-63-59-55-51-47-43-39-35-31-27-23-19-15-11-7-3)72-92-79(84)66-62-58-54-50-46-42-38-34-30-26-22-18-14-10-6-2/h21,23,25,27,33-36,38-40,44,52,56,75-77,82H,5-20,22,24,26,28-32,37,41-43,45-51,53-55,57-74H2,1-4H3,(H,87,88)(H,89,90)/b25-21-,27-23-,36-33-,38-34-,39-35-,44-40-,56-52-/t75-,76+,77+/m0/s1. The van der Waals surface area contributed by atoms with E-state index in [1.807, 2.05) is 12.2 Å². The van der Waals surface area contributed by atoms with Crippen molar-refractivity contribution in [2.24, 2.45) is 0 Å². The zero-order valence-electron chi connectivity index (χ0n) is 63.4. The van der Waals surface area contributed by atoms with Crippen LogP contribution in [0.1, 0.15) is 349 Å². The van der Waals surface area contributed by atoms with Gasteiger partial charge in [0.15, 0.2) is 12.2 Å². The number of phosphoric ester groups is 2. The third kappa shape index (κ3) is 72.6. The lowest BCUT2D eigenvalue weighted by atomic mass is 10.0. The molecule has 0 aliphatic rings. The van der Waals surface area contributed by atoms with Gasteiger partial charge in [-0.2, -0.15) is 0 Å². The Morgan fingerprint density at radius 2 is 0.500 bits per heavy atom. The number of unbranched alkanes of at least 4 members (excludes halogenated alkanes) is 35. The molecule has 0 aliphatic heterocycles. The Morgan fingerprint density at radius 1 is 0.280 bits per heavy atom. The van der Waals surface area contributed by atoms with Crippen LogP contribution < -0.4 is 0 Å². The molecule has 0 radical (unpaired) electrons. The van der Waals surface area contributed by atoms with Gasteiger partial charge in [0, 0.05) is 25.7 Å². The predicted octanol–water partition coefficient (Wildman–Crippen LogP) is 23.0. The normalized spacial score (nSPS) is 14.3.